The Bertz CT molecular complexity index is 561. The molecule has 0 atom stereocenters. The minimum absolute atomic E-state index is 0.354. The maximum atomic E-state index is 13.6. The lowest BCUT2D eigenvalue weighted by Gasteiger charge is -2.17. The number of hydrogen-bond donors (Lipinski definition) is 0. The summed E-state index contributed by atoms with van der Waals surface area (Å²) in [5, 5.41) is 0. The van der Waals surface area contributed by atoms with E-state index in [0.717, 1.165) is 12.8 Å². The van der Waals surface area contributed by atoms with Gasteiger partial charge in [0.05, 0.1) is 11.1 Å². The average Bonchev–Trinajstić information content (AvgIpc) is 3.23. The Balaban J connectivity index is 1.97. The molecule has 100 valence electrons. The second-order valence-electron chi connectivity index (χ2n) is 5.25. The fraction of sp³-hybridized carbons (Fsp3) is 0.500. The van der Waals surface area contributed by atoms with E-state index in [1.165, 1.54) is 25.0 Å². The Morgan fingerprint density at radius 2 is 2.21 bits per heavy atom. The van der Waals surface area contributed by atoms with Gasteiger partial charge in [-0.3, -0.25) is 0 Å². The van der Waals surface area contributed by atoms with Crippen LogP contribution < -0.4 is 4.74 Å². The molecular weight excluding hydrogens is 313 g/mol. The van der Waals surface area contributed by atoms with Crippen molar-refractivity contribution in [3.05, 3.63) is 28.0 Å². The number of isocyanates is 1. The number of rotatable bonds is 5. The van der Waals surface area contributed by atoms with Gasteiger partial charge >= 0.3 is 0 Å². The average molecular weight is 326 g/mol. The topological polar surface area (TPSA) is 38.7 Å². The number of nitrogens with zero attached hydrogens (tertiary/aromatic N) is 1. The van der Waals surface area contributed by atoms with Crippen LogP contribution in [0.3, 0.4) is 0 Å². The molecule has 0 saturated heterocycles. The summed E-state index contributed by atoms with van der Waals surface area (Å²) in [5.41, 5.74) is 0.0361. The number of ether oxygens (including phenoxy) is 1. The molecule has 0 bridgehead atoms. The van der Waals surface area contributed by atoms with Crippen LogP contribution in [0, 0.1) is 11.7 Å². The fourth-order valence-corrected chi connectivity index (χ4v) is 2.73. The van der Waals surface area contributed by atoms with Crippen LogP contribution in [0.4, 0.5) is 4.39 Å². The van der Waals surface area contributed by atoms with Crippen molar-refractivity contribution in [3.8, 4) is 5.75 Å². The van der Waals surface area contributed by atoms with Crippen LogP contribution in [0.5, 0.6) is 5.75 Å². The summed E-state index contributed by atoms with van der Waals surface area (Å²) in [7, 11) is 0. The van der Waals surface area contributed by atoms with Crippen LogP contribution in [0.1, 0.15) is 31.2 Å². The molecule has 1 aromatic rings. The zero-order valence-electron chi connectivity index (χ0n) is 10.3. The third-order valence-corrected chi connectivity index (χ3v) is 4.24. The lowest BCUT2D eigenvalue weighted by molar-refractivity contribution is 0.292. The van der Waals surface area contributed by atoms with Gasteiger partial charge in [-0.05, 0) is 59.7 Å². The first kappa shape index (κ1) is 12.8. The van der Waals surface area contributed by atoms with Crippen molar-refractivity contribution in [2.75, 3.05) is 6.61 Å². The molecule has 1 aromatic carbocycles. The third-order valence-electron chi connectivity index (χ3n) is 3.65. The number of carbonyl (C=O) groups excluding carboxylic acids is 1. The Kier molecular flexibility index (Phi) is 3.19. The van der Waals surface area contributed by atoms with Gasteiger partial charge in [0.2, 0.25) is 6.08 Å². The van der Waals surface area contributed by atoms with E-state index in [4.69, 9.17) is 4.74 Å². The van der Waals surface area contributed by atoms with Crippen LogP contribution in [-0.4, -0.2) is 12.7 Å². The number of aliphatic imine (C=N–C) groups is 1. The molecule has 0 aromatic heterocycles. The van der Waals surface area contributed by atoms with E-state index in [1.807, 2.05) is 0 Å². The zero-order chi connectivity index (χ0) is 13.5. The summed E-state index contributed by atoms with van der Waals surface area (Å²) in [4.78, 5) is 14.4. The van der Waals surface area contributed by atoms with Crippen molar-refractivity contribution >= 4 is 22.0 Å². The largest absolute Gasteiger partial charge is 0.492 e. The van der Waals surface area contributed by atoms with E-state index in [2.05, 4.69) is 20.9 Å². The number of halogens is 2. The zero-order valence-corrected chi connectivity index (χ0v) is 11.9. The molecule has 3 rings (SSSR count). The van der Waals surface area contributed by atoms with Gasteiger partial charge in [0.1, 0.15) is 17.1 Å². The summed E-state index contributed by atoms with van der Waals surface area (Å²) in [5.74, 6) is 0.868. The SMILES string of the molecule is O=C=NC1(c2cc(F)cc(Br)c2OCC2CC2)CC1. The van der Waals surface area contributed by atoms with Gasteiger partial charge in [-0.15, -0.1) is 0 Å². The van der Waals surface area contributed by atoms with E-state index in [-0.39, 0.29) is 5.82 Å². The highest BCUT2D eigenvalue weighted by atomic mass is 79.9. The van der Waals surface area contributed by atoms with Gasteiger partial charge in [-0.25, -0.2) is 9.18 Å². The van der Waals surface area contributed by atoms with Crippen LogP contribution in [-0.2, 0) is 10.3 Å². The Morgan fingerprint density at radius 3 is 2.79 bits per heavy atom. The Labute approximate surface area is 119 Å². The predicted molar refractivity (Wildman–Crippen MR) is 71.4 cm³/mol. The number of benzene rings is 1. The van der Waals surface area contributed by atoms with Crippen molar-refractivity contribution in [3.63, 3.8) is 0 Å². The standard InChI is InChI=1S/C14H13BrFNO2/c15-12-6-10(16)5-11(14(3-4-14)17-8-18)13(12)19-7-9-1-2-9/h5-6,9H,1-4,7H2. The monoisotopic (exact) mass is 325 g/mol. The quantitative estimate of drug-likeness (QED) is 0.611. The second-order valence-corrected chi connectivity index (χ2v) is 6.11. The normalized spacial score (nSPS) is 19.7. The lowest BCUT2D eigenvalue weighted by atomic mass is 10.0. The summed E-state index contributed by atoms with van der Waals surface area (Å²) < 4.78 is 20.0. The Hall–Kier alpha value is -1.19. The van der Waals surface area contributed by atoms with Crippen LogP contribution in [0.15, 0.2) is 21.6 Å². The molecule has 0 spiro atoms. The molecule has 2 fully saturated rings. The molecule has 2 aliphatic rings. The van der Waals surface area contributed by atoms with Gasteiger partial charge in [0.15, 0.2) is 0 Å². The van der Waals surface area contributed by atoms with E-state index in [9.17, 15) is 9.18 Å². The lowest BCUT2D eigenvalue weighted by Crippen LogP contribution is -2.09. The van der Waals surface area contributed by atoms with Crippen molar-refractivity contribution in [2.45, 2.75) is 31.2 Å². The van der Waals surface area contributed by atoms with Crippen molar-refractivity contribution in [1.29, 1.82) is 0 Å². The molecule has 0 amide bonds. The molecule has 0 radical (unpaired) electrons. The van der Waals surface area contributed by atoms with Crippen molar-refractivity contribution < 1.29 is 13.9 Å². The van der Waals surface area contributed by atoms with Gasteiger partial charge in [0, 0.05) is 5.56 Å². The first-order valence-electron chi connectivity index (χ1n) is 6.36. The minimum Gasteiger partial charge on any atom is -0.492 e. The fourth-order valence-electron chi connectivity index (χ4n) is 2.19. The molecule has 0 heterocycles. The van der Waals surface area contributed by atoms with Crippen LogP contribution >= 0.6 is 15.9 Å². The Morgan fingerprint density at radius 1 is 1.47 bits per heavy atom. The minimum atomic E-state index is -0.620. The summed E-state index contributed by atoms with van der Waals surface area (Å²) >= 11 is 3.33. The van der Waals surface area contributed by atoms with Gasteiger partial charge in [-0.1, -0.05) is 0 Å². The molecule has 2 saturated carbocycles. The maximum Gasteiger partial charge on any atom is 0.235 e. The molecule has 5 heteroatoms. The molecule has 0 unspecified atom stereocenters. The van der Waals surface area contributed by atoms with E-state index >= 15 is 0 Å². The maximum absolute atomic E-state index is 13.6. The molecular formula is C14H13BrFNO2. The summed E-state index contributed by atoms with van der Waals surface area (Å²) in [6.07, 6.45) is 5.43. The smallest absolute Gasteiger partial charge is 0.235 e. The molecule has 2 aliphatic carbocycles. The van der Waals surface area contributed by atoms with E-state index in [1.54, 1.807) is 6.08 Å². The van der Waals surface area contributed by atoms with Crippen molar-refractivity contribution in [2.24, 2.45) is 10.9 Å². The molecule has 0 aliphatic heterocycles. The second kappa shape index (κ2) is 4.73. The molecule has 3 nitrogen and oxygen atoms in total. The van der Waals surface area contributed by atoms with Crippen LogP contribution in [0.25, 0.3) is 0 Å². The van der Waals surface area contributed by atoms with Crippen LogP contribution in [0.2, 0.25) is 0 Å². The predicted octanol–water partition coefficient (Wildman–Crippen LogP) is 3.70. The van der Waals surface area contributed by atoms with Crippen molar-refractivity contribution in [1.82, 2.24) is 0 Å². The number of hydrogen-bond acceptors (Lipinski definition) is 3. The van der Waals surface area contributed by atoms with Gasteiger partial charge in [0.25, 0.3) is 0 Å². The van der Waals surface area contributed by atoms with Gasteiger partial charge in [-0.2, -0.15) is 4.99 Å². The third kappa shape index (κ3) is 2.58. The molecule has 0 N–H and O–H groups in total. The highest BCUT2D eigenvalue weighted by Crippen LogP contribution is 2.54. The van der Waals surface area contributed by atoms with Gasteiger partial charge < -0.3 is 4.74 Å². The summed E-state index contributed by atoms with van der Waals surface area (Å²) in [6.45, 7) is 0.637. The first-order chi connectivity index (χ1) is 9.14. The first-order valence-corrected chi connectivity index (χ1v) is 7.15. The highest BCUT2D eigenvalue weighted by molar-refractivity contribution is 9.10. The summed E-state index contributed by atoms with van der Waals surface area (Å²) in [6, 6.07) is 2.80. The molecule has 19 heavy (non-hydrogen) atoms. The highest BCUT2D eigenvalue weighted by Gasteiger charge is 2.47. The van der Waals surface area contributed by atoms with E-state index in [0.29, 0.717) is 28.3 Å². The van der Waals surface area contributed by atoms with E-state index < -0.39 is 5.54 Å².